The quantitative estimate of drug-likeness (QED) is 0.792. The van der Waals surface area contributed by atoms with Crippen molar-refractivity contribution in [1.82, 2.24) is 4.72 Å². The predicted octanol–water partition coefficient (Wildman–Crippen LogP) is 0.549. The van der Waals surface area contributed by atoms with E-state index in [2.05, 4.69) is 4.72 Å². The van der Waals surface area contributed by atoms with Gasteiger partial charge in [0.25, 0.3) is 10.2 Å². The second kappa shape index (κ2) is 4.61. The zero-order valence-electron chi connectivity index (χ0n) is 8.60. The van der Waals surface area contributed by atoms with Gasteiger partial charge in [-0.2, -0.15) is 13.1 Å². The van der Waals surface area contributed by atoms with Gasteiger partial charge < -0.3 is 4.74 Å². The van der Waals surface area contributed by atoms with Gasteiger partial charge in [0.2, 0.25) is 0 Å². The van der Waals surface area contributed by atoms with Crippen molar-refractivity contribution >= 4 is 10.2 Å². The Hall–Kier alpha value is -1.11. The van der Waals surface area contributed by atoms with Crippen molar-refractivity contribution in [2.24, 2.45) is 5.14 Å². The molecule has 5 nitrogen and oxygen atoms in total. The minimum atomic E-state index is -3.70. The van der Waals surface area contributed by atoms with E-state index in [9.17, 15) is 8.42 Å². The van der Waals surface area contributed by atoms with Crippen LogP contribution in [0.1, 0.15) is 18.5 Å². The Morgan fingerprint density at radius 1 is 1.40 bits per heavy atom. The first-order chi connectivity index (χ1) is 6.94. The number of para-hydroxylation sites is 1. The average molecular weight is 230 g/mol. The van der Waals surface area contributed by atoms with Crippen molar-refractivity contribution in [1.29, 1.82) is 0 Å². The maximum Gasteiger partial charge on any atom is 0.274 e. The summed E-state index contributed by atoms with van der Waals surface area (Å²) >= 11 is 0. The summed E-state index contributed by atoms with van der Waals surface area (Å²) in [6.45, 7) is 1.70. The topological polar surface area (TPSA) is 81.4 Å². The molecule has 0 aliphatic heterocycles. The largest absolute Gasteiger partial charge is 0.496 e. The Morgan fingerprint density at radius 2 is 2.00 bits per heavy atom. The second-order valence-corrected chi connectivity index (χ2v) is 4.45. The minimum absolute atomic E-state index is 0.420. The second-order valence-electron chi connectivity index (χ2n) is 3.13. The molecular weight excluding hydrogens is 216 g/mol. The van der Waals surface area contributed by atoms with Crippen LogP contribution < -0.4 is 14.6 Å². The number of nitrogens with one attached hydrogen (secondary N) is 1. The van der Waals surface area contributed by atoms with Crippen molar-refractivity contribution in [3.8, 4) is 5.75 Å². The van der Waals surface area contributed by atoms with E-state index in [-0.39, 0.29) is 0 Å². The van der Waals surface area contributed by atoms with Gasteiger partial charge in [0.05, 0.1) is 7.11 Å². The maximum absolute atomic E-state index is 10.8. The lowest BCUT2D eigenvalue weighted by molar-refractivity contribution is 0.405. The number of ether oxygens (including phenoxy) is 1. The van der Waals surface area contributed by atoms with E-state index in [4.69, 9.17) is 9.88 Å². The number of benzene rings is 1. The lowest BCUT2D eigenvalue weighted by atomic mass is 10.1. The molecule has 0 saturated carbocycles. The molecule has 0 fully saturated rings. The van der Waals surface area contributed by atoms with E-state index in [1.807, 2.05) is 6.07 Å². The molecule has 0 aliphatic rings. The molecule has 0 unspecified atom stereocenters. The molecule has 1 aromatic carbocycles. The van der Waals surface area contributed by atoms with Crippen LogP contribution in [0.2, 0.25) is 0 Å². The number of hydrogen-bond acceptors (Lipinski definition) is 3. The van der Waals surface area contributed by atoms with Gasteiger partial charge in [-0.15, -0.1) is 0 Å². The van der Waals surface area contributed by atoms with Gasteiger partial charge in [-0.25, -0.2) is 5.14 Å². The molecule has 1 rings (SSSR count). The zero-order chi connectivity index (χ0) is 11.5. The van der Waals surface area contributed by atoms with E-state index in [0.717, 1.165) is 5.56 Å². The fraction of sp³-hybridized carbons (Fsp3) is 0.333. The summed E-state index contributed by atoms with van der Waals surface area (Å²) in [6, 6.07) is 6.74. The average Bonchev–Trinajstić information content (AvgIpc) is 2.15. The van der Waals surface area contributed by atoms with Gasteiger partial charge in [0, 0.05) is 11.6 Å². The van der Waals surface area contributed by atoms with Crippen molar-refractivity contribution in [2.75, 3.05) is 7.11 Å². The number of methoxy groups -OCH3 is 1. The van der Waals surface area contributed by atoms with E-state index in [1.165, 1.54) is 7.11 Å². The van der Waals surface area contributed by atoms with Gasteiger partial charge in [-0.05, 0) is 13.0 Å². The molecule has 0 bridgehead atoms. The third kappa shape index (κ3) is 3.50. The van der Waals surface area contributed by atoms with Crippen molar-refractivity contribution in [3.63, 3.8) is 0 Å². The summed E-state index contributed by atoms with van der Waals surface area (Å²) in [6.07, 6.45) is 0. The molecule has 0 aliphatic carbocycles. The van der Waals surface area contributed by atoms with Gasteiger partial charge in [-0.3, -0.25) is 0 Å². The lowest BCUT2D eigenvalue weighted by Crippen LogP contribution is -2.33. The maximum atomic E-state index is 10.8. The summed E-state index contributed by atoms with van der Waals surface area (Å²) in [5, 5.41) is 4.89. The van der Waals surface area contributed by atoms with Crippen molar-refractivity contribution in [2.45, 2.75) is 13.0 Å². The van der Waals surface area contributed by atoms with Crippen LogP contribution in [0.4, 0.5) is 0 Å². The van der Waals surface area contributed by atoms with Crippen LogP contribution in [-0.4, -0.2) is 15.5 Å². The lowest BCUT2D eigenvalue weighted by Gasteiger charge is -2.15. The van der Waals surface area contributed by atoms with Gasteiger partial charge in [-0.1, -0.05) is 18.2 Å². The van der Waals surface area contributed by atoms with Crippen LogP contribution in [-0.2, 0) is 10.2 Å². The highest BCUT2D eigenvalue weighted by Crippen LogP contribution is 2.24. The Kier molecular flexibility index (Phi) is 3.67. The molecule has 6 heteroatoms. The molecule has 0 saturated heterocycles. The van der Waals surface area contributed by atoms with Crippen molar-refractivity contribution in [3.05, 3.63) is 29.8 Å². The third-order valence-corrected chi connectivity index (χ3v) is 2.63. The standard InChI is InChI=1S/C9H14N2O3S/c1-7(11-15(10,12)13)8-5-3-4-6-9(8)14-2/h3-7,11H,1-2H3,(H2,10,12,13)/t7-/m0/s1. The van der Waals surface area contributed by atoms with Gasteiger partial charge >= 0.3 is 0 Å². The third-order valence-electron chi connectivity index (χ3n) is 1.95. The van der Waals surface area contributed by atoms with E-state index >= 15 is 0 Å². The zero-order valence-corrected chi connectivity index (χ0v) is 9.41. The minimum Gasteiger partial charge on any atom is -0.496 e. The summed E-state index contributed by atoms with van der Waals surface area (Å²) in [5.74, 6) is 0.626. The highest BCUT2D eigenvalue weighted by atomic mass is 32.2. The molecular formula is C9H14N2O3S. The molecule has 0 radical (unpaired) electrons. The van der Waals surface area contributed by atoms with E-state index < -0.39 is 16.3 Å². The SMILES string of the molecule is COc1ccccc1[C@H](C)NS(N)(=O)=O. The molecule has 1 atom stereocenters. The number of rotatable bonds is 4. The smallest absolute Gasteiger partial charge is 0.274 e. The first-order valence-electron chi connectivity index (χ1n) is 4.37. The van der Waals surface area contributed by atoms with Crippen LogP contribution in [0.5, 0.6) is 5.75 Å². The fourth-order valence-corrected chi connectivity index (χ4v) is 1.95. The Labute approximate surface area is 89.4 Å². The van der Waals surface area contributed by atoms with Crippen LogP contribution in [0.15, 0.2) is 24.3 Å². The van der Waals surface area contributed by atoms with E-state index in [0.29, 0.717) is 5.75 Å². The molecule has 1 aromatic rings. The Balaban J connectivity index is 2.95. The number of hydrogen-bond donors (Lipinski definition) is 2. The molecule has 0 aromatic heterocycles. The first kappa shape index (κ1) is 12.0. The molecule has 0 amide bonds. The molecule has 0 spiro atoms. The monoisotopic (exact) mass is 230 g/mol. The molecule has 84 valence electrons. The summed E-state index contributed by atoms with van der Waals surface area (Å²) in [4.78, 5) is 0. The first-order valence-corrected chi connectivity index (χ1v) is 5.91. The van der Waals surface area contributed by atoms with Crippen LogP contribution in [0.3, 0.4) is 0 Å². The van der Waals surface area contributed by atoms with Gasteiger partial charge in [0.15, 0.2) is 0 Å². The number of nitrogens with two attached hydrogens (primary N) is 1. The fourth-order valence-electron chi connectivity index (χ4n) is 1.33. The summed E-state index contributed by atoms with van der Waals surface area (Å²) in [7, 11) is -2.17. The summed E-state index contributed by atoms with van der Waals surface area (Å²) < 4.78 is 29.1. The van der Waals surface area contributed by atoms with Crippen molar-refractivity contribution < 1.29 is 13.2 Å². The van der Waals surface area contributed by atoms with Crippen LogP contribution in [0, 0.1) is 0 Å². The molecule has 15 heavy (non-hydrogen) atoms. The predicted molar refractivity (Wildman–Crippen MR) is 57.7 cm³/mol. The molecule has 3 N–H and O–H groups in total. The Bertz CT molecular complexity index is 431. The molecule has 0 heterocycles. The van der Waals surface area contributed by atoms with Gasteiger partial charge in [0.1, 0.15) is 5.75 Å². The van der Waals surface area contributed by atoms with E-state index in [1.54, 1.807) is 25.1 Å². The summed E-state index contributed by atoms with van der Waals surface area (Å²) in [5.41, 5.74) is 0.744. The Morgan fingerprint density at radius 3 is 2.53 bits per heavy atom. The van der Waals surface area contributed by atoms with Crippen LogP contribution in [0.25, 0.3) is 0 Å². The highest BCUT2D eigenvalue weighted by molar-refractivity contribution is 7.87. The van der Waals surface area contributed by atoms with Crippen LogP contribution >= 0.6 is 0 Å². The highest BCUT2D eigenvalue weighted by Gasteiger charge is 2.14. The normalized spacial score (nSPS) is 13.5.